The molecule has 0 aromatic heterocycles. The fourth-order valence-electron chi connectivity index (χ4n) is 11.8. The standard InChI is InChI=1S/C78H152O17P2/c1-9-69(6)55-47-39-31-23-19-14-12-13-15-21-25-36-44-52-60-77(82)94-73(64-88-75(80)58-50-42-34-24-20-17-16-18-22-30-38-46-54-68(4)5)66-92-96(84,85)90-62-72(79)63-91-97(86,87)93-67-74(95-78(83)61-53-45-37-29-27-33-41-49-57-71(8)11-3)65-89-76(81)59-51-43-35-28-26-32-40-48-56-70(7)10-2/h68-74,79H,9-67H2,1-8H3,(H,84,85)(H,86,87)/t69?,70?,71?,72-,73-,74-/m1/s1. The molecule has 8 atom stereocenters. The van der Waals surface area contributed by atoms with Gasteiger partial charge >= 0.3 is 39.5 Å². The number of rotatable bonds is 75. The lowest BCUT2D eigenvalue weighted by Gasteiger charge is -2.21. The van der Waals surface area contributed by atoms with Crippen molar-refractivity contribution in [2.75, 3.05) is 39.6 Å². The van der Waals surface area contributed by atoms with Crippen LogP contribution in [0.15, 0.2) is 0 Å². The summed E-state index contributed by atoms with van der Waals surface area (Å²) >= 11 is 0. The summed E-state index contributed by atoms with van der Waals surface area (Å²) in [4.78, 5) is 72.9. The first-order chi connectivity index (χ1) is 46.7. The van der Waals surface area contributed by atoms with Gasteiger partial charge in [-0.2, -0.15) is 0 Å². The average molecular weight is 1420 g/mol. The van der Waals surface area contributed by atoms with E-state index in [9.17, 15) is 43.2 Å². The molecule has 3 N–H and O–H groups in total. The molecule has 0 aliphatic heterocycles. The molecular formula is C78H152O17P2. The van der Waals surface area contributed by atoms with E-state index in [0.717, 1.165) is 114 Å². The highest BCUT2D eigenvalue weighted by Crippen LogP contribution is 2.45. The Morgan fingerprint density at radius 2 is 0.495 bits per heavy atom. The Balaban J connectivity index is 5.27. The Morgan fingerprint density at radius 3 is 0.732 bits per heavy atom. The number of aliphatic hydroxyl groups is 1. The Hall–Kier alpha value is -1.94. The van der Waals surface area contributed by atoms with Crippen LogP contribution in [0.1, 0.15) is 396 Å². The predicted octanol–water partition coefficient (Wildman–Crippen LogP) is 22.8. The normalized spacial score (nSPS) is 14.9. The van der Waals surface area contributed by atoms with E-state index in [-0.39, 0.29) is 25.7 Å². The van der Waals surface area contributed by atoms with Crippen molar-refractivity contribution in [1.29, 1.82) is 0 Å². The second-order valence-electron chi connectivity index (χ2n) is 29.3. The summed E-state index contributed by atoms with van der Waals surface area (Å²) in [5, 5.41) is 10.6. The van der Waals surface area contributed by atoms with Crippen molar-refractivity contribution in [3.63, 3.8) is 0 Å². The molecule has 0 radical (unpaired) electrons. The van der Waals surface area contributed by atoms with Gasteiger partial charge in [0.1, 0.15) is 19.3 Å². The lowest BCUT2D eigenvalue weighted by molar-refractivity contribution is -0.161. The van der Waals surface area contributed by atoms with Gasteiger partial charge in [0.2, 0.25) is 0 Å². The fraction of sp³-hybridized carbons (Fsp3) is 0.949. The third-order valence-electron chi connectivity index (χ3n) is 19.2. The molecule has 0 aliphatic carbocycles. The molecule has 0 saturated carbocycles. The van der Waals surface area contributed by atoms with Crippen molar-refractivity contribution in [3.8, 4) is 0 Å². The number of hydrogen-bond donors (Lipinski definition) is 3. The zero-order valence-corrected chi connectivity index (χ0v) is 65.5. The minimum absolute atomic E-state index is 0.104. The number of ether oxygens (including phenoxy) is 4. The number of carbonyl (C=O) groups is 4. The van der Waals surface area contributed by atoms with Crippen LogP contribution in [0.2, 0.25) is 0 Å². The molecule has 0 amide bonds. The van der Waals surface area contributed by atoms with Crippen LogP contribution in [0.5, 0.6) is 0 Å². The average Bonchev–Trinajstić information content (AvgIpc) is 1.52. The van der Waals surface area contributed by atoms with Gasteiger partial charge in [-0.05, 0) is 49.4 Å². The number of esters is 4. The van der Waals surface area contributed by atoms with Crippen LogP contribution in [-0.4, -0.2) is 96.7 Å². The van der Waals surface area contributed by atoms with Crippen molar-refractivity contribution in [2.24, 2.45) is 23.7 Å². The predicted molar refractivity (Wildman–Crippen MR) is 395 cm³/mol. The minimum atomic E-state index is -4.96. The van der Waals surface area contributed by atoms with Crippen LogP contribution in [0, 0.1) is 23.7 Å². The summed E-state index contributed by atoms with van der Waals surface area (Å²) in [7, 11) is -9.92. The van der Waals surface area contributed by atoms with E-state index < -0.39 is 97.5 Å². The van der Waals surface area contributed by atoms with E-state index in [2.05, 4.69) is 55.4 Å². The second kappa shape index (κ2) is 67.2. The quantitative estimate of drug-likeness (QED) is 0.0222. The first kappa shape index (κ1) is 95.1. The van der Waals surface area contributed by atoms with Gasteiger partial charge in [-0.3, -0.25) is 37.3 Å². The Kier molecular flexibility index (Phi) is 65.9. The van der Waals surface area contributed by atoms with Gasteiger partial charge in [0, 0.05) is 25.7 Å². The maximum absolute atomic E-state index is 13.1. The zero-order chi connectivity index (χ0) is 71.7. The molecule has 0 saturated heterocycles. The molecule has 576 valence electrons. The topological polar surface area (TPSA) is 237 Å². The summed E-state index contributed by atoms with van der Waals surface area (Å²) in [6.07, 6.45) is 52.5. The highest BCUT2D eigenvalue weighted by atomic mass is 31.2. The molecule has 0 heterocycles. The third kappa shape index (κ3) is 68.3. The number of unbranched alkanes of at least 4 members (excludes halogenated alkanes) is 38. The summed E-state index contributed by atoms with van der Waals surface area (Å²) in [6.45, 7) is 14.3. The second-order valence-corrected chi connectivity index (χ2v) is 32.2. The largest absolute Gasteiger partial charge is 0.472 e. The van der Waals surface area contributed by atoms with Crippen LogP contribution in [0.25, 0.3) is 0 Å². The lowest BCUT2D eigenvalue weighted by atomic mass is 9.99. The van der Waals surface area contributed by atoms with Gasteiger partial charge in [-0.25, -0.2) is 9.13 Å². The van der Waals surface area contributed by atoms with Crippen molar-refractivity contribution in [3.05, 3.63) is 0 Å². The molecule has 0 bridgehead atoms. The maximum Gasteiger partial charge on any atom is 0.472 e. The van der Waals surface area contributed by atoms with Crippen molar-refractivity contribution in [1.82, 2.24) is 0 Å². The minimum Gasteiger partial charge on any atom is -0.462 e. The first-order valence-electron chi connectivity index (χ1n) is 40.3. The zero-order valence-electron chi connectivity index (χ0n) is 63.7. The summed E-state index contributed by atoms with van der Waals surface area (Å²) < 4.78 is 68.6. The number of aliphatic hydroxyl groups excluding tert-OH is 1. The number of phosphoric ester groups is 2. The van der Waals surface area contributed by atoms with Crippen LogP contribution >= 0.6 is 15.6 Å². The van der Waals surface area contributed by atoms with Crippen LogP contribution < -0.4 is 0 Å². The first-order valence-corrected chi connectivity index (χ1v) is 43.3. The van der Waals surface area contributed by atoms with E-state index in [1.165, 1.54) is 199 Å². The van der Waals surface area contributed by atoms with Crippen LogP contribution in [-0.2, 0) is 65.4 Å². The van der Waals surface area contributed by atoms with Crippen molar-refractivity contribution >= 4 is 39.5 Å². The van der Waals surface area contributed by atoms with Crippen LogP contribution in [0.3, 0.4) is 0 Å². The van der Waals surface area contributed by atoms with Crippen molar-refractivity contribution < 1.29 is 80.2 Å². The lowest BCUT2D eigenvalue weighted by Crippen LogP contribution is -2.30. The van der Waals surface area contributed by atoms with Gasteiger partial charge < -0.3 is 33.8 Å². The van der Waals surface area contributed by atoms with Gasteiger partial charge in [0.05, 0.1) is 26.4 Å². The molecule has 0 aromatic carbocycles. The van der Waals surface area contributed by atoms with E-state index in [0.29, 0.717) is 25.7 Å². The molecule has 5 unspecified atom stereocenters. The molecule has 0 fully saturated rings. The third-order valence-corrected chi connectivity index (χ3v) is 21.1. The van der Waals surface area contributed by atoms with E-state index in [1.807, 2.05) is 0 Å². The van der Waals surface area contributed by atoms with Gasteiger partial charge in [-0.1, -0.05) is 344 Å². The number of carbonyl (C=O) groups excluding carboxylic acids is 4. The fourth-order valence-corrected chi connectivity index (χ4v) is 13.4. The van der Waals surface area contributed by atoms with Gasteiger partial charge in [0.15, 0.2) is 12.2 Å². The smallest absolute Gasteiger partial charge is 0.462 e. The Labute approximate surface area is 594 Å². The highest BCUT2D eigenvalue weighted by Gasteiger charge is 2.30. The molecule has 0 aliphatic rings. The van der Waals surface area contributed by atoms with Gasteiger partial charge in [0.25, 0.3) is 0 Å². The molecule has 97 heavy (non-hydrogen) atoms. The summed E-state index contributed by atoms with van der Waals surface area (Å²) in [5.74, 6) is 1.06. The van der Waals surface area contributed by atoms with Crippen molar-refractivity contribution in [2.45, 2.75) is 414 Å². The molecule has 0 aromatic rings. The summed E-state index contributed by atoms with van der Waals surface area (Å²) in [5.41, 5.74) is 0. The van der Waals surface area contributed by atoms with Gasteiger partial charge in [-0.15, -0.1) is 0 Å². The van der Waals surface area contributed by atoms with E-state index >= 15 is 0 Å². The Bertz CT molecular complexity index is 1910. The molecule has 0 spiro atoms. The number of hydrogen-bond acceptors (Lipinski definition) is 15. The van der Waals surface area contributed by atoms with E-state index in [1.54, 1.807) is 0 Å². The Morgan fingerprint density at radius 1 is 0.289 bits per heavy atom. The SMILES string of the molecule is CCC(C)CCCCCCCCCCCCCCCCC(=O)O[C@H](COC(=O)CCCCCCCCCCCCCCC(C)C)COP(=O)(O)OC[C@@H](O)COP(=O)(O)OC[C@@H](COC(=O)CCCCCCCCCCC(C)CC)OC(=O)CCCCCCCCCCC(C)CC. The van der Waals surface area contributed by atoms with E-state index in [4.69, 9.17) is 37.0 Å². The monoisotopic (exact) mass is 1420 g/mol. The number of phosphoric acid groups is 2. The maximum atomic E-state index is 13.1. The summed E-state index contributed by atoms with van der Waals surface area (Å²) in [6, 6.07) is 0. The molecule has 19 heteroatoms. The van der Waals surface area contributed by atoms with Crippen LogP contribution in [0.4, 0.5) is 0 Å². The molecular weight excluding hydrogens is 1270 g/mol. The molecule has 17 nitrogen and oxygen atoms in total. The molecule has 0 rings (SSSR count). The highest BCUT2D eigenvalue weighted by molar-refractivity contribution is 7.47.